The summed E-state index contributed by atoms with van der Waals surface area (Å²) in [6.07, 6.45) is 2.02. The fraction of sp³-hybridized carbons (Fsp3) is 0.182. The third-order valence-corrected chi connectivity index (χ3v) is 3.93. The summed E-state index contributed by atoms with van der Waals surface area (Å²) in [7, 11) is 0. The summed E-state index contributed by atoms with van der Waals surface area (Å²) in [5, 5.41) is 2.82. The molecule has 3 rings (SSSR count). The molecular weight excluding hydrogens is 359 g/mol. The van der Waals surface area contributed by atoms with E-state index in [9.17, 15) is 9.18 Å². The first-order valence-electron chi connectivity index (χ1n) is 8.92. The molecule has 2 aromatic carbocycles. The molecule has 0 aliphatic rings. The highest BCUT2D eigenvalue weighted by Gasteiger charge is 2.15. The van der Waals surface area contributed by atoms with Crippen molar-refractivity contribution in [2.24, 2.45) is 0 Å². The van der Waals surface area contributed by atoms with E-state index in [1.54, 1.807) is 18.3 Å². The number of aromatic nitrogens is 1. The first-order valence-corrected chi connectivity index (χ1v) is 8.92. The molecule has 6 heteroatoms. The van der Waals surface area contributed by atoms with E-state index in [1.807, 2.05) is 48.5 Å². The van der Waals surface area contributed by atoms with Crippen molar-refractivity contribution in [1.29, 1.82) is 0 Å². The summed E-state index contributed by atoms with van der Waals surface area (Å²) >= 11 is 0. The van der Waals surface area contributed by atoms with E-state index in [4.69, 9.17) is 9.47 Å². The molecule has 0 radical (unpaired) electrons. The maximum atomic E-state index is 12.5. The fourth-order valence-corrected chi connectivity index (χ4v) is 2.75. The van der Waals surface area contributed by atoms with Crippen LogP contribution in [-0.4, -0.2) is 24.2 Å². The van der Waals surface area contributed by atoms with Gasteiger partial charge in [0.25, 0.3) is 0 Å². The minimum absolute atomic E-state index is 0.0137. The van der Waals surface area contributed by atoms with Crippen LogP contribution in [0.4, 0.5) is 10.1 Å². The van der Waals surface area contributed by atoms with Crippen LogP contribution in [0, 0.1) is 0 Å². The molecule has 0 unspecified atom stereocenters. The van der Waals surface area contributed by atoms with Crippen molar-refractivity contribution in [1.82, 2.24) is 4.98 Å². The Morgan fingerprint density at radius 2 is 1.79 bits per heavy atom. The van der Waals surface area contributed by atoms with Crippen LogP contribution in [0.5, 0.6) is 17.2 Å². The van der Waals surface area contributed by atoms with Gasteiger partial charge in [0, 0.05) is 31.2 Å². The molecule has 5 nitrogen and oxygen atoms in total. The average Bonchev–Trinajstić information content (AvgIpc) is 2.70. The smallest absolute Gasteiger partial charge is 0.221 e. The van der Waals surface area contributed by atoms with Gasteiger partial charge in [-0.25, -0.2) is 4.39 Å². The Labute approximate surface area is 163 Å². The molecule has 0 fully saturated rings. The zero-order valence-electron chi connectivity index (χ0n) is 15.5. The molecular formula is C22H21FN2O3. The number of para-hydroxylation sites is 2. The fourth-order valence-electron chi connectivity index (χ4n) is 2.75. The van der Waals surface area contributed by atoms with Crippen molar-refractivity contribution in [2.45, 2.75) is 13.3 Å². The number of alkyl halides is 1. The summed E-state index contributed by atoms with van der Waals surface area (Å²) in [6.45, 7) is 0.853. The first kappa shape index (κ1) is 19.4. The van der Waals surface area contributed by atoms with E-state index in [-0.39, 0.29) is 12.5 Å². The number of carbonyl (C=O) groups excluding carboxylic acids is 1. The highest BCUT2D eigenvalue weighted by atomic mass is 19.1. The van der Waals surface area contributed by atoms with Gasteiger partial charge in [0.05, 0.1) is 5.69 Å². The van der Waals surface area contributed by atoms with Gasteiger partial charge in [-0.05, 0) is 18.2 Å². The summed E-state index contributed by atoms with van der Waals surface area (Å²) in [4.78, 5) is 16.2. The normalized spacial score (nSPS) is 10.4. The topological polar surface area (TPSA) is 60.5 Å². The number of hydrogen-bond donors (Lipinski definition) is 1. The van der Waals surface area contributed by atoms with Crippen molar-refractivity contribution >= 4 is 11.6 Å². The van der Waals surface area contributed by atoms with Crippen molar-refractivity contribution in [3.05, 3.63) is 78.1 Å². The molecule has 0 atom stereocenters. The van der Waals surface area contributed by atoms with Crippen LogP contribution in [0.3, 0.4) is 0 Å². The zero-order chi connectivity index (χ0) is 19.8. The van der Waals surface area contributed by atoms with Crippen LogP contribution in [0.15, 0.2) is 66.9 Å². The lowest BCUT2D eigenvalue weighted by atomic mass is 10.1. The summed E-state index contributed by atoms with van der Waals surface area (Å²) in [5.74, 6) is 1.51. The van der Waals surface area contributed by atoms with E-state index < -0.39 is 6.67 Å². The molecule has 0 aliphatic heterocycles. The molecule has 3 aromatic rings. The van der Waals surface area contributed by atoms with Crippen molar-refractivity contribution < 1.29 is 18.7 Å². The van der Waals surface area contributed by atoms with Crippen LogP contribution in [0.1, 0.15) is 18.2 Å². The number of halogens is 1. The molecule has 1 N–H and O–H groups in total. The number of amides is 1. The van der Waals surface area contributed by atoms with E-state index in [0.717, 1.165) is 5.56 Å². The molecule has 0 bridgehead atoms. The lowest BCUT2D eigenvalue weighted by molar-refractivity contribution is -0.114. The predicted molar refractivity (Wildman–Crippen MR) is 106 cm³/mol. The molecule has 1 aromatic heterocycles. The Morgan fingerprint density at radius 1 is 1.04 bits per heavy atom. The van der Waals surface area contributed by atoms with Crippen molar-refractivity contribution in [3.63, 3.8) is 0 Å². The molecule has 1 amide bonds. The molecule has 0 saturated heterocycles. The van der Waals surface area contributed by atoms with E-state index in [2.05, 4.69) is 10.3 Å². The third-order valence-electron chi connectivity index (χ3n) is 3.93. The van der Waals surface area contributed by atoms with Gasteiger partial charge in [0.1, 0.15) is 30.5 Å². The third kappa shape index (κ3) is 5.07. The number of nitrogens with one attached hydrogen (secondary N) is 1. The summed E-state index contributed by atoms with van der Waals surface area (Å²) in [5.41, 5.74) is 1.96. The van der Waals surface area contributed by atoms with Crippen molar-refractivity contribution in [2.75, 3.05) is 18.6 Å². The van der Waals surface area contributed by atoms with Crippen LogP contribution in [0.2, 0.25) is 0 Å². The Kier molecular flexibility index (Phi) is 6.57. The summed E-state index contributed by atoms with van der Waals surface area (Å²) in [6, 6.07) is 18.4. The van der Waals surface area contributed by atoms with Gasteiger partial charge in [-0.15, -0.1) is 0 Å². The second-order valence-electron chi connectivity index (χ2n) is 6.05. The van der Waals surface area contributed by atoms with Crippen LogP contribution in [0.25, 0.3) is 0 Å². The molecule has 0 aliphatic carbocycles. The lowest BCUT2D eigenvalue weighted by Gasteiger charge is -2.16. The summed E-state index contributed by atoms with van der Waals surface area (Å²) < 4.78 is 23.9. The quantitative estimate of drug-likeness (QED) is 0.611. The highest BCUT2D eigenvalue weighted by molar-refractivity contribution is 5.91. The number of anilines is 1. The van der Waals surface area contributed by atoms with Crippen LogP contribution < -0.4 is 14.8 Å². The monoisotopic (exact) mass is 380 g/mol. The average molecular weight is 380 g/mol. The Balaban J connectivity index is 1.94. The van der Waals surface area contributed by atoms with E-state index >= 15 is 0 Å². The lowest BCUT2D eigenvalue weighted by Crippen LogP contribution is -2.11. The Hall–Kier alpha value is -3.41. The number of hydrogen-bond acceptors (Lipinski definition) is 4. The van der Waals surface area contributed by atoms with Gasteiger partial charge < -0.3 is 14.8 Å². The maximum absolute atomic E-state index is 12.5. The zero-order valence-corrected chi connectivity index (χ0v) is 15.5. The Bertz CT molecular complexity index is 932. The van der Waals surface area contributed by atoms with Gasteiger partial charge in [-0.1, -0.05) is 36.4 Å². The Morgan fingerprint density at radius 3 is 2.54 bits per heavy atom. The number of benzene rings is 2. The first-order chi connectivity index (χ1) is 13.7. The van der Waals surface area contributed by atoms with Crippen LogP contribution in [-0.2, 0) is 11.2 Å². The number of ether oxygens (including phenoxy) is 2. The molecule has 0 saturated carbocycles. The second kappa shape index (κ2) is 9.50. The number of nitrogens with zero attached hydrogens (tertiary/aromatic N) is 1. The van der Waals surface area contributed by atoms with Gasteiger partial charge >= 0.3 is 0 Å². The number of pyridine rings is 1. The van der Waals surface area contributed by atoms with Crippen molar-refractivity contribution in [3.8, 4) is 17.2 Å². The van der Waals surface area contributed by atoms with Gasteiger partial charge in [-0.2, -0.15) is 0 Å². The number of carbonyl (C=O) groups is 1. The maximum Gasteiger partial charge on any atom is 0.221 e. The van der Waals surface area contributed by atoms with Gasteiger partial charge in [-0.3, -0.25) is 9.78 Å². The molecule has 144 valence electrons. The molecule has 28 heavy (non-hydrogen) atoms. The minimum Gasteiger partial charge on any atom is -0.491 e. The molecule has 0 spiro atoms. The van der Waals surface area contributed by atoms with E-state index in [0.29, 0.717) is 35.1 Å². The number of rotatable bonds is 8. The minimum atomic E-state index is -0.565. The SMILES string of the molecule is CC(=O)Nc1c(Oc2ccccc2)ccnc1Cc1ccccc1OCCF. The van der Waals surface area contributed by atoms with E-state index in [1.165, 1.54) is 6.92 Å². The standard InChI is InChI=1S/C22H21FN2O3/c1-16(26)25-22-19(15-17-7-5-6-10-20(17)27-14-12-23)24-13-11-21(22)28-18-8-3-2-4-9-18/h2-11,13H,12,14-15H2,1H3,(H,25,26). The van der Waals surface area contributed by atoms with Gasteiger partial charge in [0.15, 0.2) is 5.75 Å². The highest BCUT2D eigenvalue weighted by Crippen LogP contribution is 2.33. The second-order valence-corrected chi connectivity index (χ2v) is 6.05. The van der Waals surface area contributed by atoms with Gasteiger partial charge in [0.2, 0.25) is 5.91 Å². The largest absolute Gasteiger partial charge is 0.491 e. The molecule has 1 heterocycles. The predicted octanol–water partition coefficient (Wildman–Crippen LogP) is 4.77. The van der Waals surface area contributed by atoms with Crippen LogP contribution >= 0.6 is 0 Å².